The molecule has 72 valence electrons. The number of nitrogens with zero attached hydrogens (tertiary/aromatic N) is 1. The third-order valence-electron chi connectivity index (χ3n) is 2.46. The average molecular weight is 199 g/mol. The summed E-state index contributed by atoms with van der Waals surface area (Å²) in [6.07, 6.45) is 3.33. The number of aliphatic hydroxyl groups is 1. The van der Waals surface area contributed by atoms with Gasteiger partial charge in [0.25, 0.3) is 0 Å². The first-order valence-electron chi connectivity index (χ1n) is 4.52. The first-order valence-corrected chi connectivity index (χ1v) is 5.40. The van der Waals surface area contributed by atoms with Crippen molar-refractivity contribution in [3.63, 3.8) is 0 Å². The van der Waals surface area contributed by atoms with Gasteiger partial charge in [-0.15, -0.1) is 11.3 Å². The van der Waals surface area contributed by atoms with E-state index < -0.39 is 0 Å². The summed E-state index contributed by atoms with van der Waals surface area (Å²) < 4.78 is 5.24. The Kier molecular flexibility index (Phi) is 2.93. The molecule has 0 radical (unpaired) electrons. The molecule has 1 aliphatic heterocycles. The highest BCUT2D eigenvalue weighted by Gasteiger charge is 2.24. The molecule has 1 aromatic heterocycles. The Morgan fingerprint density at radius 1 is 1.54 bits per heavy atom. The van der Waals surface area contributed by atoms with Gasteiger partial charge in [-0.1, -0.05) is 0 Å². The summed E-state index contributed by atoms with van der Waals surface area (Å²) in [5.74, 6) is 0.356. The van der Waals surface area contributed by atoms with Gasteiger partial charge in [0.05, 0.1) is 16.5 Å². The Morgan fingerprint density at radius 2 is 2.31 bits per heavy atom. The van der Waals surface area contributed by atoms with Crippen LogP contribution < -0.4 is 0 Å². The van der Waals surface area contributed by atoms with Gasteiger partial charge in [-0.25, -0.2) is 0 Å². The van der Waals surface area contributed by atoms with Crippen molar-refractivity contribution in [2.45, 2.75) is 18.9 Å². The van der Waals surface area contributed by atoms with Crippen LogP contribution in [0.15, 0.2) is 11.7 Å². The van der Waals surface area contributed by atoms with Gasteiger partial charge in [0.2, 0.25) is 0 Å². The molecule has 0 amide bonds. The van der Waals surface area contributed by atoms with Gasteiger partial charge in [0.1, 0.15) is 0 Å². The van der Waals surface area contributed by atoms with Crippen LogP contribution in [-0.2, 0) is 4.74 Å². The molecule has 0 aliphatic carbocycles. The number of thiazole rings is 1. The van der Waals surface area contributed by atoms with E-state index >= 15 is 0 Å². The quantitative estimate of drug-likeness (QED) is 0.786. The molecule has 1 saturated heterocycles. The van der Waals surface area contributed by atoms with Crippen LogP contribution in [-0.4, -0.2) is 23.3 Å². The molecule has 0 spiro atoms. The zero-order chi connectivity index (χ0) is 9.10. The molecular formula is C9H13NO2S. The third kappa shape index (κ3) is 2.07. The molecule has 1 N–H and O–H groups in total. The van der Waals surface area contributed by atoms with Crippen molar-refractivity contribution >= 4 is 11.3 Å². The Bertz CT molecular complexity index is 244. The van der Waals surface area contributed by atoms with Crippen LogP contribution in [0, 0.1) is 5.92 Å². The number of rotatable bonds is 2. The van der Waals surface area contributed by atoms with Crippen LogP contribution in [0.5, 0.6) is 0 Å². The second kappa shape index (κ2) is 4.17. The number of ether oxygens (including phenoxy) is 1. The van der Waals surface area contributed by atoms with E-state index in [9.17, 15) is 5.11 Å². The smallest absolute Gasteiger partial charge is 0.0927 e. The van der Waals surface area contributed by atoms with Gasteiger partial charge in [-0.05, 0) is 18.8 Å². The van der Waals surface area contributed by atoms with E-state index in [0.717, 1.165) is 30.9 Å². The molecular weight excluding hydrogens is 186 g/mol. The van der Waals surface area contributed by atoms with Crippen molar-refractivity contribution in [3.8, 4) is 0 Å². The summed E-state index contributed by atoms with van der Waals surface area (Å²) >= 11 is 1.52. The van der Waals surface area contributed by atoms with Gasteiger partial charge in [-0.2, -0.15) is 0 Å². The lowest BCUT2D eigenvalue weighted by molar-refractivity contribution is 0.00846. The molecule has 1 aromatic rings. The van der Waals surface area contributed by atoms with E-state index in [1.54, 1.807) is 11.7 Å². The number of hydrogen-bond donors (Lipinski definition) is 1. The maximum atomic E-state index is 9.95. The van der Waals surface area contributed by atoms with Crippen LogP contribution in [0.2, 0.25) is 0 Å². The van der Waals surface area contributed by atoms with E-state index in [-0.39, 0.29) is 6.10 Å². The molecule has 1 unspecified atom stereocenters. The van der Waals surface area contributed by atoms with Gasteiger partial charge in [-0.3, -0.25) is 4.98 Å². The third-order valence-corrected chi connectivity index (χ3v) is 3.30. The number of aromatic nitrogens is 1. The number of aliphatic hydroxyl groups excluding tert-OH is 1. The van der Waals surface area contributed by atoms with E-state index in [2.05, 4.69) is 4.98 Å². The lowest BCUT2D eigenvalue weighted by Gasteiger charge is -2.25. The molecule has 1 aliphatic rings. The molecule has 4 heteroatoms. The first-order chi connectivity index (χ1) is 6.38. The Hall–Kier alpha value is -0.450. The van der Waals surface area contributed by atoms with Crippen LogP contribution in [0.3, 0.4) is 0 Å². The highest BCUT2D eigenvalue weighted by Crippen LogP contribution is 2.31. The minimum Gasteiger partial charge on any atom is -0.387 e. The maximum Gasteiger partial charge on any atom is 0.0927 e. The minimum absolute atomic E-state index is 0.337. The van der Waals surface area contributed by atoms with E-state index in [4.69, 9.17) is 4.74 Å². The van der Waals surface area contributed by atoms with Crippen molar-refractivity contribution in [1.82, 2.24) is 4.98 Å². The lowest BCUT2D eigenvalue weighted by Crippen LogP contribution is -2.21. The van der Waals surface area contributed by atoms with Gasteiger partial charge >= 0.3 is 0 Å². The Labute approximate surface area is 81.4 Å². The lowest BCUT2D eigenvalue weighted by atomic mass is 9.93. The Balaban J connectivity index is 1.99. The SMILES string of the molecule is OC(c1cncs1)C1CCOCC1. The summed E-state index contributed by atoms with van der Waals surface area (Å²) in [4.78, 5) is 4.94. The molecule has 1 atom stereocenters. The van der Waals surface area contributed by atoms with Crippen LogP contribution in [0.25, 0.3) is 0 Å². The van der Waals surface area contributed by atoms with Crippen molar-refractivity contribution in [3.05, 3.63) is 16.6 Å². The van der Waals surface area contributed by atoms with Crippen LogP contribution in [0.1, 0.15) is 23.8 Å². The highest BCUT2D eigenvalue weighted by molar-refractivity contribution is 7.09. The summed E-state index contributed by atoms with van der Waals surface area (Å²) in [6, 6.07) is 0. The topological polar surface area (TPSA) is 42.4 Å². The molecule has 3 nitrogen and oxygen atoms in total. The Morgan fingerprint density at radius 3 is 2.92 bits per heavy atom. The van der Waals surface area contributed by atoms with Gasteiger partial charge < -0.3 is 9.84 Å². The van der Waals surface area contributed by atoms with Crippen molar-refractivity contribution in [1.29, 1.82) is 0 Å². The molecule has 0 bridgehead atoms. The molecule has 0 saturated carbocycles. The molecule has 13 heavy (non-hydrogen) atoms. The van der Waals surface area contributed by atoms with Crippen molar-refractivity contribution in [2.24, 2.45) is 5.92 Å². The standard InChI is InChI=1S/C9H13NO2S/c11-9(8-5-10-6-13-8)7-1-3-12-4-2-7/h5-7,9,11H,1-4H2. The van der Waals surface area contributed by atoms with E-state index in [0.29, 0.717) is 5.92 Å². The maximum absolute atomic E-state index is 9.95. The molecule has 2 rings (SSSR count). The fourth-order valence-corrected chi connectivity index (χ4v) is 2.33. The van der Waals surface area contributed by atoms with Gasteiger partial charge in [0.15, 0.2) is 0 Å². The highest BCUT2D eigenvalue weighted by atomic mass is 32.1. The predicted molar refractivity (Wildman–Crippen MR) is 50.6 cm³/mol. The normalized spacial score (nSPS) is 21.6. The van der Waals surface area contributed by atoms with Crippen LogP contribution >= 0.6 is 11.3 Å². The first kappa shape index (κ1) is 9.12. The van der Waals surface area contributed by atoms with Crippen molar-refractivity contribution < 1.29 is 9.84 Å². The summed E-state index contributed by atoms with van der Waals surface area (Å²) in [5, 5.41) is 9.95. The average Bonchev–Trinajstić information content (AvgIpc) is 2.71. The summed E-state index contributed by atoms with van der Waals surface area (Å²) in [5.41, 5.74) is 1.76. The largest absolute Gasteiger partial charge is 0.387 e. The van der Waals surface area contributed by atoms with Crippen molar-refractivity contribution in [2.75, 3.05) is 13.2 Å². The summed E-state index contributed by atoms with van der Waals surface area (Å²) in [7, 11) is 0. The number of hydrogen-bond acceptors (Lipinski definition) is 4. The second-order valence-electron chi connectivity index (χ2n) is 3.30. The molecule has 0 aromatic carbocycles. The zero-order valence-corrected chi connectivity index (χ0v) is 8.17. The second-order valence-corrected chi connectivity index (χ2v) is 4.22. The van der Waals surface area contributed by atoms with E-state index in [1.165, 1.54) is 11.3 Å². The monoisotopic (exact) mass is 199 g/mol. The minimum atomic E-state index is -0.337. The predicted octanol–water partition coefficient (Wildman–Crippen LogP) is 1.60. The fraction of sp³-hybridized carbons (Fsp3) is 0.667. The van der Waals surface area contributed by atoms with Gasteiger partial charge in [0, 0.05) is 19.4 Å². The molecule has 2 heterocycles. The van der Waals surface area contributed by atoms with Crippen LogP contribution in [0.4, 0.5) is 0 Å². The fourth-order valence-electron chi connectivity index (χ4n) is 1.64. The van der Waals surface area contributed by atoms with E-state index in [1.807, 2.05) is 0 Å². The summed E-state index contributed by atoms with van der Waals surface area (Å²) in [6.45, 7) is 1.56. The zero-order valence-electron chi connectivity index (χ0n) is 7.35. The molecule has 1 fully saturated rings.